The topological polar surface area (TPSA) is 144 Å². The van der Waals surface area contributed by atoms with Crippen molar-refractivity contribution in [3.63, 3.8) is 0 Å². The van der Waals surface area contributed by atoms with Crippen molar-refractivity contribution in [3.05, 3.63) is 115 Å². The van der Waals surface area contributed by atoms with Crippen molar-refractivity contribution >= 4 is 11.8 Å². The van der Waals surface area contributed by atoms with E-state index in [0.29, 0.717) is 0 Å². The highest BCUT2D eigenvalue weighted by molar-refractivity contribution is 5.74. The van der Waals surface area contributed by atoms with Gasteiger partial charge in [-0.25, -0.2) is 0 Å². The standard InChI is InChI=1S/2C16H20N2O3/c2*1-10-9-11(2)15(17-12(3)19)16(18(20)21)14(10)13-7-5-4-6-8-13/h2*4-10,14-16H,1-3H3,(H,17,19)/t2*10-,14-,15+,16-/m10/s1. The van der Waals surface area contributed by atoms with Crippen LogP contribution in [0.25, 0.3) is 0 Å². The maximum Gasteiger partial charge on any atom is 0.244 e. The Balaban J connectivity index is 0.000000230. The fraction of sp³-hybridized carbons (Fsp3) is 0.438. The largest absolute Gasteiger partial charge is 0.343 e. The Bertz CT molecular complexity index is 1240. The number of nitrogens with one attached hydrogen (secondary N) is 2. The predicted molar refractivity (Wildman–Crippen MR) is 161 cm³/mol. The average molecular weight is 577 g/mol. The van der Waals surface area contributed by atoms with Gasteiger partial charge in [-0.15, -0.1) is 0 Å². The summed E-state index contributed by atoms with van der Waals surface area (Å²) in [6, 6.07) is 16.2. The lowest BCUT2D eigenvalue weighted by atomic mass is 9.72. The van der Waals surface area contributed by atoms with Gasteiger partial charge >= 0.3 is 0 Å². The number of carbonyl (C=O) groups excluding carboxylic acids is 2. The van der Waals surface area contributed by atoms with Gasteiger partial charge in [-0.2, -0.15) is 0 Å². The number of rotatable bonds is 6. The number of nitrogens with zero attached hydrogens (tertiary/aromatic N) is 2. The van der Waals surface area contributed by atoms with Crippen LogP contribution in [0.2, 0.25) is 0 Å². The number of hydrogen-bond donors (Lipinski definition) is 2. The number of allylic oxidation sites excluding steroid dienone is 2. The minimum absolute atomic E-state index is 0.0489. The van der Waals surface area contributed by atoms with Gasteiger partial charge in [-0.3, -0.25) is 29.8 Å². The first-order chi connectivity index (χ1) is 19.8. The van der Waals surface area contributed by atoms with Gasteiger partial charge in [0.1, 0.15) is 12.1 Å². The van der Waals surface area contributed by atoms with E-state index in [1.807, 2.05) is 101 Å². The second kappa shape index (κ2) is 14.0. The summed E-state index contributed by atoms with van der Waals surface area (Å²) in [5.41, 5.74) is 3.58. The second-order valence-corrected chi connectivity index (χ2v) is 11.3. The van der Waals surface area contributed by atoms with Gasteiger partial charge in [-0.1, -0.05) is 86.7 Å². The molecule has 42 heavy (non-hydrogen) atoms. The van der Waals surface area contributed by atoms with Gasteiger partial charge in [-0.05, 0) is 48.0 Å². The number of nitro groups is 2. The van der Waals surface area contributed by atoms with Crippen LogP contribution in [0.5, 0.6) is 0 Å². The highest BCUT2D eigenvalue weighted by Crippen LogP contribution is 2.39. The first-order valence-electron chi connectivity index (χ1n) is 14.1. The quantitative estimate of drug-likeness (QED) is 0.280. The van der Waals surface area contributed by atoms with Gasteiger partial charge in [0.2, 0.25) is 23.9 Å². The first kappa shape index (κ1) is 32.2. The normalized spacial score (nSPS) is 28.6. The van der Waals surface area contributed by atoms with Crippen LogP contribution in [-0.4, -0.2) is 45.8 Å². The van der Waals surface area contributed by atoms with E-state index in [4.69, 9.17) is 0 Å². The molecular weight excluding hydrogens is 536 g/mol. The summed E-state index contributed by atoms with van der Waals surface area (Å²) in [6.07, 6.45) is 4.05. The maximum atomic E-state index is 11.6. The number of carbonyl (C=O) groups is 2. The van der Waals surface area contributed by atoms with Crippen LogP contribution in [0.1, 0.15) is 64.5 Å². The molecule has 0 radical (unpaired) electrons. The lowest BCUT2D eigenvalue weighted by molar-refractivity contribution is -0.531. The van der Waals surface area contributed by atoms with E-state index in [2.05, 4.69) is 10.6 Å². The van der Waals surface area contributed by atoms with Crippen molar-refractivity contribution in [2.24, 2.45) is 11.8 Å². The van der Waals surface area contributed by atoms with Crippen molar-refractivity contribution in [2.75, 3.05) is 0 Å². The van der Waals surface area contributed by atoms with Crippen molar-refractivity contribution in [3.8, 4) is 0 Å². The molecule has 0 bridgehead atoms. The molecule has 0 unspecified atom stereocenters. The smallest absolute Gasteiger partial charge is 0.244 e. The van der Waals surface area contributed by atoms with Gasteiger partial charge in [0.25, 0.3) is 0 Å². The van der Waals surface area contributed by atoms with E-state index >= 15 is 0 Å². The third kappa shape index (κ3) is 7.48. The van der Waals surface area contributed by atoms with Crippen molar-refractivity contribution < 1.29 is 19.4 Å². The molecule has 0 aliphatic heterocycles. The molecule has 0 heterocycles. The molecule has 2 N–H and O–H groups in total. The lowest BCUT2D eigenvalue weighted by Crippen LogP contribution is -2.53. The molecule has 2 amide bonds. The average Bonchev–Trinajstić information content (AvgIpc) is 2.92. The van der Waals surface area contributed by atoms with Crippen molar-refractivity contribution in [1.29, 1.82) is 0 Å². The summed E-state index contributed by atoms with van der Waals surface area (Å²) in [5, 5.41) is 28.8. The molecule has 0 saturated carbocycles. The molecule has 224 valence electrons. The zero-order valence-electron chi connectivity index (χ0n) is 24.9. The SMILES string of the molecule is CC(=O)N[C@@H]1C(C)=C[C@H](C)[C@@H](c2ccccc2)[C@@H]1[N+](=O)[O-].CC(=O)N[C@H]1C(C)=C[C@@H](C)[C@H](c2ccccc2)[C@H]1[N+](=O)[O-]. The van der Waals surface area contributed by atoms with Gasteiger partial charge in [0, 0.05) is 23.7 Å². The maximum absolute atomic E-state index is 11.6. The Kier molecular flexibility index (Phi) is 10.7. The Hall–Kier alpha value is -4.34. The summed E-state index contributed by atoms with van der Waals surface area (Å²) in [7, 11) is 0. The summed E-state index contributed by atoms with van der Waals surface area (Å²) < 4.78 is 0. The molecule has 0 fully saturated rings. The van der Waals surface area contributed by atoms with E-state index in [9.17, 15) is 29.8 Å². The third-order valence-corrected chi connectivity index (χ3v) is 8.16. The van der Waals surface area contributed by atoms with Crippen LogP contribution in [0.4, 0.5) is 0 Å². The number of benzene rings is 2. The summed E-state index contributed by atoms with van der Waals surface area (Å²) in [5.74, 6) is -0.897. The monoisotopic (exact) mass is 576 g/mol. The molecule has 4 rings (SSSR count). The van der Waals surface area contributed by atoms with Crippen LogP contribution in [0, 0.1) is 32.1 Å². The molecule has 0 aromatic heterocycles. The molecule has 10 heteroatoms. The fourth-order valence-corrected chi connectivity index (χ4v) is 6.51. The van der Waals surface area contributed by atoms with Crippen LogP contribution in [0.3, 0.4) is 0 Å². The van der Waals surface area contributed by atoms with E-state index in [1.54, 1.807) is 0 Å². The molecule has 10 nitrogen and oxygen atoms in total. The predicted octanol–water partition coefficient (Wildman–Crippen LogP) is 5.03. The van der Waals surface area contributed by atoms with Crippen molar-refractivity contribution in [1.82, 2.24) is 10.6 Å². The summed E-state index contributed by atoms with van der Waals surface area (Å²) in [6.45, 7) is 10.4. The van der Waals surface area contributed by atoms with Gasteiger partial charge in [0.15, 0.2) is 0 Å². The molecule has 2 aliphatic rings. The summed E-state index contributed by atoms with van der Waals surface area (Å²) in [4.78, 5) is 45.6. The highest BCUT2D eigenvalue weighted by Gasteiger charge is 2.47. The Morgan fingerprint density at radius 3 is 1.21 bits per heavy atom. The molecular formula is C32H40N4O6. The minimum atomic E-state index is -0.851. The van der Waals surface area contributed by atoms with E-state index in [-0.39, 0.29) is 45.3 Å². The molecule has 0 spiro atoms. The van der Waals surface area contributed by atoms with Crippen molar-refractivity contribution in [2.45, 2.75) is 77.5 Å². The molecule has 2 aromatic carbocycles. The van der Waals surface area contributed by atoms with E-state index in [0.717, 1.165) is 22.3 Å². The summed E-state index contributed by atoms with van der Waals surface area (Å²) >= 11 is 0. The van der Waals surface area contributed by atoms with Crippen LogP contribution in [-0.2, 0) is 9.59 Å². The van der Waals surface area contributed by atoms with Gasteiger partial charge < -0.3 is 10.6 Å². The highest BCUT2D eigenvalue weighted by atomic mass is 16.6. The first-order valence-corrected chi connectivity index (χ1v) is 14.1. The fourth-order valence-electron chi connectivity index (χ4n) is 6.51. The zero-order chi connectivity index (χ0) is 31.1. The number of hydrogen-bond acceptors (Lipinski definition) is 6. The Morgan fingerprint density at radius 2 is 0.952 bits per heavy atom. The van der Waals surface area contributed by atoms with E-state index in [1.165, 1.54) is 13.8 Å². The molecule has 0 saturated heterocycles. The van der Waals surface area contributed by atoms with Gasteiger partial charge in [0.05, 0.1) is 11.8 Å². The van der Waals surface area contributed by atoms with Crippen LogP contribution < -0.4 is 10.6 Å². The molecule has 2 aromatic rings. The number of amides is 2. The second-order valence-electron chi connectivity index (χ2n) is 11.3. The minimum Gasteiger partial charge on any atom is -0.343 e. The Morgan fingerprint density at radius 1 is 0.643 bits per heavy atom. The van der Waals surface area contributed by atoms with Crippen LogP contribution >= 0.6 is 0 Å². The molecule has 2 aliphatic carbocycles. The molecule has 8 atom stereocenters. The zero-order valence-corrected chi connectivity index (χ0v) is 24.9. The Labute approximate surface area is 246 Å². The lowest BCUT2D eigenvalue weighted by Gasteiger charge is -2.36. The van der Waals surface area contributed by atoms with E-state index < -0.39 is 24.2 Å². The van der Waals surface area contributed by atoms with Crippen LogP contribution in [0.15, 0.2) is 84.0 Å². The third-order valence-electron chi connectivity index (χ3n) is 8.16.